The summed E-state index contributed by atoms with van der Waals surface area (Å²) in [6.45, 7) is 2.78. The maximum absolute atomic E-state index is 13.9. The van der Waals surface area contributed by atoms with Crippen molar-refractivity contribution in [1.29, 1.82) is 0 Å². The van der Waals surface area contributed by atoms with Gasteiger partial charge >= 0.3 is 0 Å². The summed E-state index contributed by atoms with van der Waals surface area (Å²) in [4.78, 5) is 40.9. The van der Waals surface area contributed by atoms with Crippen LogP contribution in [0.1, 0.15) is 41.7 Å². The second-order valence-corrected chi connectivity index (χ2v) is 12.2. The summed E-state index contributed by atoms with van der Waals surface area (Å²) in [7, 11) is 1.65. The van der Waals surface area contributed by atoms with E-state index in [4.69, 9.17) is 5.73 Å². The Morgan fingerprint density at radius 3 is 2.45 bits per heavy atom. The zero-order valence-electron chi connectivity index (χ0n) is 22.4. The second kappa shape index (κ2) is 11.5. The Morgan fingerprint density at radius 1 is 1.15 bits per heavy atom. The van der Waals surface area contributed by atoms with Crippen LogP contribution in [0.25, 0.3) is 0 Å². The number of nitrogens with one attached hydrogen (secondary N) is 3. The molecule has 0 spiro atoms. The van der Waals surface area contributed by atoms with Crippen LogP contribution in [0.15, 0.2) is 36.5 Å². The van der Waals surface area contributed by atoms with Gasteiger partial charge in [-0.1, -0.05) is 12.1 Å². The lowest BCUT2D eigenvalue weighted by molar-refractivity contribution is -0.133. The topological polar surface area (TPSA) is 134 Å². The first kappa shape index (κ1) is 28.5. The fourth-order valence-electron chi connectivity index (χ4n) is 5.64. The molecule has 0 radical (unpaired) electrons. The van der Waals surface area contributed by atoms with Gasteiger partial charge in [-0.15, -0.1) is 11.8 Å². The number of aromatic nitrogens is 2. The molecule has 3 aliphatic rings. The molecule has 13 heteroatoms. The quantitative estimate of drug-likeness (QED) is 0.352. The van der Waals surface area contributed by atoms with E-state index in [0.717, 1.165) is 18.7 Å². The van der Waals surface area contributed by atoms with E-state index in [1.54, 1.807) is 30.1 Å². The van der Waals surface area contributed by atoms with Crippen molar-refractivity contribution in [3.05, 3.63) is 47.8 Å². The van der Waals surface area contributed by atoms with E-state index < -0.39 is 22.1 Å². The monoisotopic (exact) mass is 575 g/mol. The van der Waals surface area contributed by atoms with Gasteiger partial charge in [0.2, 0.25) is 17.7 Å². The number of rotatable bonds is 8. The molecule has 1 aromatic heterocycles. The molecule has 2 aromatic rings. The Bertz CT molecular complexity index is 1240. The maximum atomic E-state index is 13.9. The lowest BCUT2D eigenvalue weighted by Gasteiger charge is -2.33. The van der Waals surface area contributed by atoms with E-state index in [1.807, 2.05) is 12.1 Å². The van der Waals surface area contributed by atoms with Gasteiger partial charge in [-0.2, -0.15) is 5.10 Å². The van der Waals surface area contributed by atoms with Crippen LogP contribution in [0.2, 0.25) is 0 Å². The van der Waals surface area contributed by atoms with E-state index in [2.05, 4.69) is 21.0 Å². The third-order valence-electron chi connectivity index (χ3n) is 8.05. The van der Waals surface area contributed by atoms with Gasteiger partial charge in [0.1, 0.15) is 15.8 Å². The highest BCUT2D eigenvalue weighted by Gasteiger charge is 2.67. The van der Waals surface area contributed by atoms with E-state index in [9.17, 15) is 23.2 Å². The molecule has 3 fully saturated rings. The number of alkyl halides is 2. The molecule has 1 aromatic carbocycles. The summed E-state index contributed by atoms with van der Waals surface area (Å²) in [5, 5.41) is 12.5. The van der Waals surface area contributed by atoms with Gasteiger partial charge in [-0.05, 0) is 48.9 Å². The number of nitrogens with two attached hydrogens (primary N) is 1. The second-order valence-electron chi connectivity index (χ2n) is 10.8. The Labute approximate surface area is 235 Å². The Morgan fingerprint density at radius 2 is 1.82 bits per heavy atom. The molecule has 2 aliphatic heterocycles. The van der Waals surface area contributed by atoms with Gasteiger partial charge in [-0.3, -0.25) is 19.1 Å². The summed E-state index contributed by atoms with van der Waals surface area (Å²) in [5.74, 6) is -3.80. The molecule has 3 amide bonds. The predicted octanol–water partition coefficient (Wildman–Crippen LogP) is 1.73. The molecule has 1 unspecified atom stereocenters. The molecular formula is C27H35F2N7O3S. The third kappa shape index (κ3) is 6.01. The Kier molecular flexibility index (Phi) is 8.16. The highest BCUT2D eigenvalue weighted by molar-refractivity contribution is 8.09. The minimum absolute atomic E-state index is 0.0798. The van der Waals surface area contributed by atoms with Crippen LogP contribution in [0.5, 0.6) is 0 Å². The highest BCUT2D eigenvalue weighted by Crippen LogP contribution is 2.61. The fourth-order valence-corrected chi connectivity index (χ4v) is 7.07. The number of benzene rings is 1. The smallest absolute Gasteiger partial charge is 0.270 e. The van der Waals surface area contributed by atoms with Gasteiger partial charge < -0.3 is 26.6 Å². The zero-order valence-corrected chi connectivity index (χ0v) is 23.2. The SMILES string of the molecule is Cn1nccc1C(=O)NC1S[C@]1(C(=O)Nc1ccc(C[C@@H](N)C(=O)N2CCNCC2)cc1)C1CCC(F)(F)CC1. The molecule has 3 atom stereocenters. The number of carbonyl (C=O) groups is 3. The van der Waals surface area contributed by atoms with Gasteiger partial charge in [-0.25, -0.2) is 8.78 Å². The summed E-state index contributed by atoms with van der Waals surface area (Å²) in [6.07, 6.45) is 1.71. The van der Waals surface area contributed by atoms with Gasteiger partial charge in [0.05, 0.1) is 6.04 Å². The van der Waals surface area contributed by atoms with Crippen LogP contribution in [0, 0.1) is 5.92 Å². The molecule has 1 saturated carbocycles. The lowest BCUT2D eigenvalue weighted by atomic mass is 9.77. The molecular weight excluding hydrogens is 540 g/mol. The molecule has 3 heterocycles. The summed E-state index contributed by atoms with van der Waals surface area (Å²) < 4.78 is 28.3. The maximum Gasteiger partial charge on any atom is 0.270 e. The fraction of sp³-hybridized carbons (Fsp3) is 0.556. The van der Waals surface area contributed by atoms with E-state index in [1.165, 1.54) is 22.6 Å². The molecule has 2 saturated heterocycles. The predicted molar refractivity (Wildman–Crippen MR) is 148 cm³/mol. The summed E-state index contributed by atoms with van der Waals surface area (Å²) >= 11 is 1.30. The molecule has 5 N–H and O–H groups in total. The van der Waals surface area contributed by atoms with Gasteiger partial charge in [0, 0.05) is 58.0 Å². The van der Waals surface area contributed by atoms with Crippen molar-refractivity contribution in [2.24, 2.45) is 18.7 Å². The first-order valence-corrected chi connectivity index (χ1v) is 14.5. The van der Waals surface area contributed by atoms with Crippen molar-refractivity contribution in [3.8, 4) is 0 Å². The molecule has 216 valence electrons. The Hall–Kier alpha value is -3.03. The first-order valence-electron chi connectivity index (χ1n) is 13.6. The third-order valence-corrected chi connectivity index (χ3v) is 9.67. The van der Waals surface area contributed by atoms with Crippen molar-refractivity contribution >= 4 is 35.2 Å². The standard InChI is InChI=1S/C27H35F2N7O3S/c1-35-21(8-11-32-35)22(37)34-25-27(40-25,18-6-9-26(28,29)10-7-18)24(39)33-19-4-2-17(3-5-19)16-20(30)23(38)36-14-12-31-13-15-36/h2-5,8,11,18,20,25,31H,6-7,9-10,12-16,30H2,1H3,(H,33,39)(H,34,37)/t20-,25?,27+/m1/s1. The first-order chi connectivity index (χ1) is 19.1. The number of carbonyl (C=O) groups excluding carboxylic acids is 3. The van der Waals surface area contributed by atoms with Crippen LogP contribution in [-0.4, -0.2) is 80.7 Å². The van der Waals surface area contributed by atoms with Crippen molar-refractivity contribution in [2.75, 3.05) is 31.5 Å². The van der Waals surface area contributed by atoms with Gasteiger partial charge in [0.25, 0.3) is 5.91 Å². The molecule has 10 nitrogen and oxygen atoms in total. The van der Waals surface area contributed by atoms with E-state index >= 15 is 0 Å². The number of nitrogens with zero attached hydrogens (tertiary/aromatic N) is 3. The summed E-state index contributed by atoms with van der Waals surface area (Å²) in [5.41, 5.74) is 7.94. The van der Waals surface area contributed by atoms with Crippen LogP contribution in [-0.2, 0) is 23.1 Å². The lowest BCUT2D eigenvalue weighted by Crippen LogP contribution is -2.52. The molecule has 1 aliphatic carbocycles. The minimum atomic E-state index is -2.73. The number of amides is 3. The van der Waals surface area contributed by atoms with Crippen molar-refractivity contribution < 1.29 is 23.2 Å². The Balaban J connectivity index is 1.24. The van der Waals surface area contributed by atoms with E-state index in [-0.39, 0.29) is 49.3 Å². The number of hydrogen-bond donors (Lipinski definition) is 4. The highest BCUT2D eigenvalue weighted by atomic mass is 32.2. The normalized spacial score (nSPS) is 25.2. The van der Waals surface area contributed by atoms with Crippen molar-refractivity contribution in [3.63, 3.8) is 0 Å². The van der Waals surface area contributed by atoms with Crippen molar-refractivity contribution in [1.82, 2.24) is 25.3 Å². The number of aryl methyl sites for hydroxylation is 1. The number of halogens is 2. The van der Waals surface area contributed by atoms with Crippen LogP contribution in [0.3, 0.4) is 0 Å². The molecule has 40 heavy (non-hydrogen) atoms. The average molecular weight is 576 g/mol. The largest absolute Gasteiger partial charge is 0.339 e. The number of hydrogen-bond acceptors (Lipinski definition) is 7. The van der Waals surface area contributed by atoms with Gasteiger partial charge in [0.15, 0.2) is 0 Å². The van der Waals surface area contributed by atoms with Crippen LogP contribution in [0.4, 0.5) is 14.5 Å². The van der Waals surface area contributed by atoms with Crippen molar-refractivity contribution in [2.45, 2.75) is 54.2 Å². The zero-order chi connectivity index (χ0) is 28.5. The van der Waals surface area contributed by atoms with Crippen LogP contribution >= 0.6 is 11.8 Å². The van der Waals surface area contributed by atoms with E-state index in [0.29, 0.717) is 30.9 Å². The minimum Gasteiger partial charge on any atom is -0.339 e. The van der Waals surface area contributed by atoms with Crippen LogP contribution < -0.4 is 21.7 Å². The summed E-state index contributed by atoms with van der Waals surface area (Å²) in [6, 6.07) is 8.04. The molecule has 0 bridgehead atoms. The number of anilines is 1. The molecule has 5 rings (SSSR count). The average Bonchev–Trinajstić information content (AvgIpc) is 3.49. The number of thioether (sulfide) groups is 1. The number of piperazine rings is 1.